The number of anilines is 1. The number of para-hydroxylation sites is 1. The molecular formula is C26H28N4. The smallest absolute Gasteiger partial charge is 0.0988 e. The van der Waals surface area contributed by atoms with Crippen LogP contribution in [0.5, 0.6) is 0 Å². The van der Waals surface area contributed by atoms with E-state index in [2.05, 4.69) is 113 Å². The second-order valence-electron chi connectivity index (χ2n) is 8.17. The standard InChI is InChI=1S/C26H28N4/c1-28-17-19-29(20-18-28)26-24(21-11-5-2-6-12-21)27-30(23-15-9-4-10-16-23)25(26)22-13-7-3-8-14-22/h2-16,25-26H,17-20H2,1H3. The van der Waals surface area contributed by atoms with E-state index in [1.54, 1.807) is 0 Å². The van der Waals surface area contributed by atoms with E-state index in [0.717, 1.165) is 37.6 Å². The third kappa shape index (κ3) is 3.64. The number of benzene rings is 3. The molecule has 2 heterocycles. The van der Waals surface area contributed by atoms with Crippen LogP contribution < -0.4 is 5.01 Å². The molecule has 30 heavy (non-hydrogen) atoms. The SMILES string of the molecule is CN1CCN(C2C(c3ccccc3)=NN(c3ccccc3)C2c2ccccc2)CC1. The molecule has 152 valence electrons. The van der Waals surface area contributed by atoms with Crippen LogP contribution in [-0.2, 0) is 0 Å². The number of piperazine rings is 1. The second-order valence-corrected chi connectivity index (χ2v) is 8.17. The summed E-state index contributed by atoms with van der Waals surface area (Å²) in [6.07, 6.45) is 0. The number of hydrogen-bond donors (Lipinski definition) is 0. The van der Waals surface area contributed by atoms with Crippen LogP contribution in [0.3, 0.4) is 0 Å². The van der Waals surface area contributed by atoms with Crippen LogP contribution in [0.2, 0.25) is 0 Å². The summed E-state index contributed by atoms with van der Waals surface area (Å²) in [4.78, 5) is 5.05. The van der Waals surface area contributed by atoms with Crippen LogP contribution >= 0.6 is 0 Å². The molecule has 0 bridgehead atoms. The largest absolute Gasteiger partial charge is 0.304 e. The highest BCUT2D eigenvalue weighted by molar-refractivity contribution is 6.07. The van der Waals surface area contributed by atoms with Crippen molar-refractivity contribution in [3.05, 3.63) is 102 Å². The van der Waals surface area contributed by atoms with Gasteiger partial charge < -0.3 is 4.90 Å². The Morgan fingerprint density at radius 2 is 1.23 bits per heavy atom. The van der Waals surface area contributed by atoms with Gasteiger partial charge >= 0.3 is 0 Å². The monoisotopic (exact) mass is 396 g/mol. The van der Waals surface area contributed by atoms with Crippen molar-refractivity contribution in [2.24, 2.45) is 5.10 Å². The van der Waals surface area contributed by atoms with E-state index < -0.39 is 0 Å². The Balaban J connectivity index is 1.63. The molecule has 0 N–H and O–H groups in total. The first-order valence-corrected chi connectivity index (χ1v) is 10.8. The first kappa shape index (κ1) is 19.0. The summed E-state index contributed by atoms with van der Waals surface area (Å²) in [5.74, 6) is 0. The summed E-state index contributed by atoms with van der Waals surface area (Å²) < 4.78 is 0. The van der Waals surface area contributed by atoms with Crippen LogP contribution in [0, 0.1) is 0 Å². The molecule has 0 radical (unpaired) electrons. The van der Waals surface area contributed by atoms with Crippen LogP contribution in [0.15, 0.2) is 96.1 Å². The van der Waals surface area contributed by atoms with Crippen LogP contribution in [0.4, 0.5) is 5.69 Å². The number of hydrogen-bond acceptors (Lipinski definition) is 4. The van der Waals surface area contributed by atoms with Gasteiger partial charge in [0, 0.05) is 26.2 Å². The van der Waals surface area contributed by atoms with Crippen LogP contribution in [-0.4, -0.2) is 54.8 Å². The van der Waals surface area contributed by atoms with E-state index in [9.17, 15) is 0 Å². The number of likely N-dealkylation sites (N-methyl/N-ethyl adjacent to an activating group) is 1. The average Bonchev–Trinajstić information content (AvgIpc) is 3.22. The maximum Gasteiger partial charge on any atom is 0.0988 e. The molecule has 0 aromatic heterocycles. The molecule has 1 saturated heterocycles. The Morgan fingerprint density at radius 1 is 0.667 bits per heavy atom. The van der Waals surface area contributed by atoms with Gasteiger partial charge in [0.25, 0.3) is 0 Å². The van der Waals surface area contributed by atoms with Gasteiger partial charge in [0.2, 0.25) is 0 Å². The molecule has 2 aliphatic rings. The first-order valence-electron chi connectivity index (χ1n) is 10.8. The van der Waals surface area contributed by atoms with E-state index in [1.165, 1.54) is 11.1 Å². The van der Waals surface area contributed by atoms with E-state index in [-0.39, 0.29) is 12.1 Å². The zero-order chi connectivity index (χ0) is 20.3. The van der Waals surface area contributed by atoms with Gasteiger partial charge in [-0.25, -0.2) is 0 Å². The summed E-state index contributed by atoms with van der Waals surface area (Å²) >= 11 is 0. The highest BCUT2D eigenvalue weighted by Crippen LogP contribution is 2.39. The lowest BCUT2D eigenvalue weighted by atomic mass is 9.91. The maximum atomic E-state index is 5.26. The Labute approximate surface area is 179 Å². The van der Waals surface area contributed by atoms with Crippen molar-refractivity contribution < 1.29 is 0 Å². The van der Waals surface area contributed by atoms with E-state index in [1.807, 2.05) is 0 Å². The predicted molar refractivity (Wildman–Crippen MR) is 124 cm³/mol. The molecule has 2 aliphatic heterocycles. The summed E-state index contributed by atoms with van der Waals surface area (Å²) in [6, 6.07) is 32.5. The fraction of sp³-hybridized carbons (Fsp3) is 0.269. The van der Waals surface area contributed by atoms with Crippen molar-refractivity contribution in [1.82, 2.24) is 9.80 Å². The summed E-state index contributed by atoms with van der Waals surface area (Å²) in [5.41, 5.74) is 4.81. The van der Waals surface area contributed by atoms with Gasteiger partial charge in [0.05, 0.1) is 23.5 Å². The number of rotatable bonds is 4. The maximum absolute atomic E-state index is 5.26. The molecule has 4 heteroatoms. The lowest BCUT2D eigenvalue weighted by Crippen LogP contribution is -2.53. The highest BCUT2D eigenvalue weighted by atomic mass is 15.5. The van der Waals surface area contributed by atoms with Crippen LogP contribution in [0.1, 0.15) is 17.2 Å². The van der Waals surface area contributed by atoms with Gasteiger partial charge in [-0.05, 0) is 30.3 Å². The normalized spacial score (nSPS) is 22.8. The number of nitrogens with zero attached hydrogens (tertiary/aromatic N) is 4. The van der Waals surface area contributed by atoms with E-state index in [4.69, 9.17) is 5.10 Å². The van der Waals surface area contributed by atoms with E-state index >= 15 is 0 Å². The molecule has 5 rings (SSSR count). The van der Waals surface area contributed by atoms with Crippen molar-refractivity contribution in [2.45, 2.75) is 12.1 Å². The Bertz CT molecular complexity index is 979. The lowest BCUT2D eigenvalue weighted by Gasteiger charge is -2.40. The van der Waals surface area contributed by atoms with Crippen molar-refractivity contribution in [1.29, 1.82) is 0 Å². The molecule has 2 unspecified atom stereocenters. The fourth-order valence-electron chi connectivity index (χ4n) is 4.60. The molecule has 0 aliphatic carbocycles. The van der Waals surface area contributed by atoms with Gasteiger partial charge in [-0.1, -0.05) is 78.9 Å². The molecule has 3 aromatic rings. The zero-order valence-corrected chi connectivity index (χ0v) is 17.4. The summed E-state index contributed by atoms with van der Waals surface area (Å²) in [6.45, 7) is 4.29. The lowest BCUT2D eigenvalue weighted by molar-refractivity contribution is 0.129. The molecule has 0 spiro atoms. The van der Waals surface area contributed by atoms with Gasteiger partial charge in [-0.2, -0.15) is 5.10 Å². The zero-order valence-electron chi connectivity index (χ0n) is 17.4. The summed E-state index contributed by atoms with van der Waals surface area (Å²) in [7, 11) is 2.21. The minimum absolute atomic E-state index is 0.146. The third-order valence-corrected chi connectivity index (χ3v) is 6.22. The average molecular weight is 397 g/mol. The third-order valence-electron chi connectivity index (χ3n) is 6.22. The first-order chi connectivity index (χ1) is 14.8. The van der Waals surface area contributed by atoms with Gasteiger partial charge in [-0.15, -0.1) is 0 Å². The molecule has 0 saturated carbocycles. The van der Waals surface area contributed by atoms with Crippen LogP contribution in [0.25, 0.3) is 0 Å². The molecule has 4 nitrogen and oxygen atoms in total. The van der Waals surface area contributed by atoms with E-state index in [0.29, 0.717) is 0 Å². The van der Waals surface area contributed by atoms with Crippen molar-refractivity contribution in [2.75, 3.05) is 38.2 Å². The second kappa shape index (κ2) is 8.42. The fourth-order valence-corrected chi connectivity index (χ4v) is 4.60. The Hall–Kier alpha value is -2.95. The number of hydrazone groups is 1. The highest BCUT2D eigenvalue weighted by Gasteiger charge is 2.43. The van der Waals surface area contributed by atoms with Crippen molar-refractivity contribution in [3.8, 4) is 0 Å². The minimum atomic E-state index is 0.146. The molecule has 2 atom stereocenters. The molecule has 0 amide bonds. The minimum Gasteiger partial charge on any atom is -0.304 e. The Kier molecular flexibility index (Phi) is 5.35. The Morgan fingerprint density at radius 3 is 1.87 bits per heavy atom. The molecule has 3 aromatic carbocycles. The van der Waals surface area contributed by atoms with Crippen molar-refractivity contribution >= 4 is 11.4 Å². The predicted octanol–water partition coefficient (Wildman–Crippen LogP) is 4.27. The topological polar surface area (TPSA) is 22.1 Å². The molecular weight excluding hydrogens is 368 g/mol. The molecule has 1 fully saturated rings. The van der Waals surface area contributed by atoms with Gasteiger partial charge in [0.15, 0.2) is 0 Å². The van der Waals surface area contributed by atoms with Gasteiger partial charge in [-0.3, -0.25) is 9.91 Å². The summed E-state index contributed by atoms with van der Waals surface area (Å²) in [5, 5.41) is 7.49. The van der Waals surface area contributed by atoms with Crippen molar-refractivity contribution in [3.63, 3.8) is 0 Å². The van der Waals surface area contributed by atoms with Gasteiger partial charge in [0.1, 0.15) is 0 Å². The quantitative estimate of drug-likeness (QED) is 0.658.